The molecule has 0 saturated heterocycles. The highest BCUT2D eigenvalue weighted by atomic mass is 35.5. The smallest absolute Gasteiger partial charge is 0.199 e. The van der Waals surface area contributed by atoms with Crippen molar-refractivity contribution in [3.8, 4) is 0 Å². The van der Waals surface area contributed by atoms with Crippen LogP contribution in [0.15, 0.2) is 57.8 Å². The van der Waals surface area contributed by atoms with Crippen molar-refractivity contribution in [2.24, 2.45) is 4.40 Å². The summed E-state index contributed by atoms with van der Waals surface area (Å²) < 4.78 is 26.3. The molecule has 0 aliphatic heterocycles. The third-order valence-corrected chi connectivity index (χ3v) is 5.27. The average Bonchev–Trinajstić information content (AvgIpc) is 2.46. The minimum absolute atomic E-state index is 0.0286. The van der Waals surface area contributed by atoms with Gasteiger partial charge in [0.1, 0.15) is 4.90 Å². The second-order valence-corrected chi connectivity index (χ2v) is 8.10. The van der Waals surface area contributed by atoms with Crippen LogP contribution in [0.3, 0.4) is 0 Å². The molecule has 22 heavy (non-hydrogen) atoms. The van der Waals surface area contributed by atoms with Gasteiger partial charge in [-0.25, -0.2) is 0 Å². The van der Waals surface area contributed by atoms with Gasteiger partial charge >= 0.3 is 0 Å². The van der Waals surface area contributed by atoms with Crippen molar-refractivity contribution in [1.29, 1.82) is 0 Å². The minimum atomic E-state index is -4.04. The Morgan fingerprint density at radius 2 is 1.64 bits per heavy atom. The highest BCUT2D eigenvalue weighted by Gasteiger charge is 2.26. The summed E-state index contributed by atoms with van der Waals surface area (Å²) in [6, 6.07) is 12.6. The van der Waals surface area contributed by atoms with Gasteiger partial charge in [0.2, 0.25) is 0 Å². The second-order valence-electron chi connectivity index (χ2n) is 4.27. The molecule has 2 rings (SSSR count). The maximum Gasteiger partial charge on any atom is 0.283 e. The molecule has 0 unspecified atom stereocenters. The van der Waals surface area contributed by atoms with Crippen LogP contribution in [-0.2, 0) is 14.4 Å². The number of alkyl halides is 2. The zero-order valence-corrected chi connectivity index (χ0v) is 14.7. The van der Waals surface area contributed by atoms with E-state index < -0.39 is 14.4 Å². The molecule has 0 atom stereocenters. The van der Waals surface area contributed by atoms with E-state index in [0.717, 1.165) is 6.21 Å². The van der Waals surface area contributed by atoms with Crippen molar-refractivity contribution in [2.45, 2.75) is 9.23 Å². The Morgan fingerprint density at radius 1 is 1.00 bits per heavy atom. The molecule has 0 saturated carbocycles. The van der Waals surface area contributed by atoms with Crippen LogP contribution < -0.4 is 0 Å². The minimum Gasteiger partial charge on any atom is -0.199 e. The summed E-state index contributed by atoms with van der Waals surface area (Å²) in [7, 11) is -4.04. The van der Waals surface area contributed by atoms with Crippen LogP contribution in [0.1, 0.15) is 5.56 Å². The van der Waals surface area contributed by atoms with Crippen LogP contribution in [0, 0.1) is 0 Å². The van der Waals surface area contributed by atoms with Crippen LogP contribution in [0.25, 0.3) is 0 Å². The third kappa shape index (κ3) is 4.15. The van der Waals surface area contributed by atoms with Gasteiger partial charge in [0, 0.05) is 5.02 Å². The van der Waals surface area contributed by atoms with E-state index in [0.29, 0.717) is 10.6 Å². The molecule has 0 aliphatic rings. The molecule has 0 N–H and O–H groups in total. The van der Waals surface area contributed by atoms with Crippen LogP contribution >= 0.6 is 46.4 Å². The molecule has 0 aliphatic carbocycles. The Kier molecular flexibility index (Phi) is 5.41. The van der Waals surface area contributed by atoms with Gasteiger partial charge in [-0.3, -0.25) is 0 Å². The topological polar surface area (TPSA) is 46.5 Å². The molecule has 0 radical (unpaired) electrons. The van der Waals surface area contributed by atoms with E-state index in [-0.39, 0.29) is 9.92 Å². The number of rotatable bonds is 4. The molecule has 0 fully saturated rings. The maximum atomic E-state index is 12.2. The predicted octanol–water partition coefficient (Wildman–Crippen LogP) is 5.08. The molecule has 3 nitrogen and oxygen atoms in total. The van der Waals surface area contributed by atoms with E-state index in [4.69, 9.17) is 46.4 Å². The number of hydrogen-bond donors (Lipinski definition) is 0. The Morgan fingerprint density at radius 3 is 2.23 bits per heavy atom. The molecule has 0 bridgehead atoms. The standard InChI is InChI=1S/C14H9Cl4NO2S/c15-11-6-7-13(12(16)8-11)22(20,21)19-9-14(17,18)10-4-2-1-3-5-10/h1-9H/b19-9+. The van der Waals surface area contributed by atoms with E-state index in [9.17, 15) is 8.42 Å². The summed E-state index contributed by atoms with van der Waals surface area (Å²) >= 11 is 23.8. The van der Waals surface area contributed by atoms with E-state index in [1.807, 2.05) is 0 Å². The average molecular weight is 397 g/mol. The van der Waals surface area contributed by atoms with Crippen molar-refractivity contribution < 1.29 is 8.42 Å². The van der Waals surface area contributed by atoms with Gasteiger partial charge < -0.3 is 0 Å². The lowest BCUT2D eigenvalue weighted by Gasteiger charge is -2.14. The first-order valence-electron chi connectivity index (χ1n) is 5.92. The maximum absolute atomic E-state index is 12.2. The SMILES string of the molecule is O=S(=O)(/N=C/C(Cl)(Cl)c1ccccc1)c1ccc(Cl)cc1Cl. The van der Waals surface area contributed by atoms with Gasteiger partial charge in [0.05, 0.1) is 11.2 Å². The molecular weight excluding hydrogens is 388 g/mol. The van der Waals surface area contributed by atoms with Crippen molar-refractivity contribution in [1.82, 2.24) is 0 Å². The quantitative estimate of drug-likeness (QED) is 0.534. The third-order valence-electron chi connectivity index (χ3n) is 2.68. The zero-order valence-electron chi connectivity index (χ0n) is 10.9. The van der Waals surface area contributed by atoms with Crippen LogP contribution in [0.5, 0.6) is 0 Å². The summed E-state index contributed by atoms with van der Waals surface area (Å²) in [6.45, 7) is 0. The zero-order chi connectivity index (χ0) is 16.4. The van der Waals surface area contributed by atoms with E-state index in [1.165, 1.54) is 18.2 Å². The number of halogens is 4. The van der Waals surface area contributed by atoms with Crippen molar-refractivity contribution >= 4 is 62.6 Å². The summed E-state index contributed by atoms with van der Waals surface area (Å²) in [4.78, 5) is -0.174. The van der Waals surface area contributed by atoms with Crippen LogP contribution in [0.2, 0.25) is 10.0 Å². The molecule has 8 heteroatoms. The fraction of sp³-hybridized carbons (Fsp3) is 0.0714. The van der Waals surface area contributed by atoms with Gasteiger partial charge in [-0.05, 0) is 23.8 Å². The second kappa shape index (κ2) is 6.77. The Labute approximate surface area is 148 Å². The summed E-state index contributed by atoms with van der Waals surface area (Å²) in [5.74, 6) is 0. The Balaban J connectivity index is 2.36. The lowest BCUT2D eigenvalue weighted by Crippen LogP contribution is -2.13. The van der Waals surface area contributed by atoms with Gasteiger partial charge in [0.25, 0.3) is 10.0 Å². The fourth-order valence-corrected chi connectivity index (χ4v) is 3.73. The Hall–Kier alpha value is -0.780. The predicted molar refractivity (Wildman–Crippen MR) is 92.0 cm³/mol. The molecule has 0 spiro atoms. The molecule has 0 heterocycles. The van der Waals surface area contributed by atoms with Gasteiger partial charge in [-0.2, -0.15) is 12.8 Å². The van der Waals surface area contributed by atoms with E-state index >= 15 is 0 Å². The van der Waals surface area contributed by atoms with Crippen LogP contribution in [-0.4, -0.2) is 14.6 Å². The van der Waals surface area contributed by atoms with E-state index in [1.54, 1.807) is 30.3 Å². The summed E-state index contributed by atoms with van der Waals surface area (Å²) in [6.07, 6.45) is 0.950. The monoisotopic (exact) mass is 395 g/mol. The number of benzene rings is 2. The summed E-state index contributed by atoms with van der Waals surface area (Å²) in [5, 5.41) is 0.292. The van der Waals surface area contributed by atoms with E-state index in [2.05, 4.69) is 4.40 Å². The number of sulfonamides is 1. The fourth-order valence-electron chi connectivity index (χ4n) is 1.61. The first kappa shape index (κ1) is 17.6. The summed E-state index contributed by atoms with van der Waals surface area (Å²) in [5.41, 5.74) is 0.500. The molecule has 0 amide bonds. The van der Waals surface area contributed by atoms with Crippen molar-refractivity contribution in [3.63, 3.8) is 0 Å². The Bertz CT molecular complexity index is 805. The molecule has 2 aromatic carbocycles. The first-order chi connectivity index (χ1) is 10.2. The largest absolute Gasteiger partial charge is 0.283 e. The number of nitrogens with zero attached hydrogens (tertiary/aromatic N) is 1. The normalized spacial score (nSPS) is 12.7. The van der Waals surface area contributed by atoms with Crippen molar-refractivity contribution in [3.05, 3.63) is 64.1 Å². The molecule has 116 valence electrons. The highest BCUT2D eigenvalue weighted by molar-refractivity contribution is 7.90. The van der Waals surface area contributed by atoms with Crippen molar-refractivity contribution in [2.75, 3.05) is 0 Å². The lowest BCUT2D eigenvalue weighted by atomic mass is 10.1. The molecule has 0 aromatic heterocycles. The highest BCUT2D eigenvalue weighted by Crippen LogP contribution is 2.33. The van der Waals surface area contributed by atoms with Crippen LogP contribution in [0.4, 0.5) is 0 Å². The first-order valence-corrected chi connectivity index (χ1v) is 8.87. The van der Waals surface area contributed by atoms with Gasteiger partial charge in [-0.15, -0.1) is 0 Å². The van der Waals surface area contributed by atoms with Gasteiger partial charge in [-0.1, -0.05) is 76.7 Å². The molecule has 2 aromatic rings. The number of hydrogen-bond acceptors (Lipinski definition) is 2. The molecular formula is C14H9Cl4NO2S. The lowest BCUT2D eigenvalue weighted by molar-refractivity contribution is 0.598. The van der Waals surface area contributed by atoms with Gasteiger partial charge in [0.15, 0.2) is 4.33 Å².